The zero-order chi connectivity index (χ0) is 20.1. The van der Waals surface area contributed by atoms with Gasteiger partial charge in [0.25, 0.3) is 0 Å². The van der Waals surface area contributed by atoms with E-state index < -0.39 is 5.97 Å². The Hall–Kier alpha value is -3.35. The summed E-state index contributed by atoms with van der Waals surface area (Å²) < 4.78 is 20.1. The van der Waals surface area contributed by atoms with Crippen molar-refractivity contribution >= 4 is 12.0 Å². The van der Waals surface area contributed by atoms with Crippen LogP contribution in [0.25, 0.3) is 23.2 Å². The number of rotatable bonds is 6. The number of carbonyl (C=O) groups excluding carboxylic acids is 1. The number of nitrogens with zero attached hydrogens (tertiary/aromatic N) is 4. The van der Waals surface area contributed by atoms with E-state index in [2.05, 4.69) is 9.97 Å². The van der Waals surface area contributed by atoms with Gasteiger partial charge in [0.1, 0.15) is 5.82 Å². The minimum Gasteiger partial charge on any atom is -0.463 e. The van der Waals surface area contributed by atoms with Crippen LogP contribution in [-0.4, -0.2) is 32.3 Å². The molecule has 3 aromatic rings. The van der Waals surface area contributed by atoms with E-state index in [1.165, 1.54) is 18.2 Å². The molecule has 3 rings (SSSR count). The molecule has 1 aromatic carbocycles. The maximum Gasteiger partial charge on any atom is 0.330 e. The molecule has 0 atom stereocenters. The maximum absolute atomic E-state index is 13.5. The first-order valence-electron chi connectivity index (χ1n) is 9.01. The lowest BCUT2D eigenvalue weighted by atomic mass is 9.99. The smallest absolute Gasteiger partial charge is 0.330 e. The second kappa shape index (κ2) is 8.56. The third-order valence-electron chi connectivity index (χ3n) is 4.05. The Morgan fingerprint density at radius 1 is 1.25 bits per heavy atom. The van der Waals surface area contributed by atoms with Crippen molar-refractivity contribution in [3.8, 4) is 17.1 Å². The molecule has 0 aliphatic carbocycles. The van der Waals surface area contributed by atoms with Gasteiger partial charge in [-0.05, 0) is 43.2 Å². The fraction of sp³-hybridized carbons (Fsp3) is 0.238. The van der Waals surface area contributed by atoms with Crippen LogP contribution in [0.1, 0.15) is 37.9 Å². The number of ether oxygens (including phenoxy) is 1. The second-order valence-electron chi connectivity index (χ2n) is 6.37. The predicted molar refractivity (Wildman–Crippen MR) is 104 cm³/mol. The first-order chi connectivity index (χ1) is 13.5. The first kappa shape index (κ1) is 19.4. The lowest BCUT2D eigenvalue weighted by molar-refractivity contribution is -0.137. The van der Waals surface area contributed by atoms with Crippen LogP contribution < -0.4 is 0 Å². The number of carbonyl (C=O) groups is 1. The molecule has 0 spiro atoms. The van der Waals surface area contributed by atoms with Crippen molar-refractivity contribution in [1.29, 1.82) is 0 Å². The summed E-state index contributed by atoms with van der Waals surface area (Å²) in [4.78, 5) is 20.3. The van der Waals surface area contributed by atoms with E-state index in [1.807, 2.05) is 13.8 Å². The molecule has 0 saturated heterocycles. The van der Waals surface area contributed by atoms with Crippen molar-refractivity contribution < 1.29 is 13.9 Å². The van der Waals surface area contributed by atoms with Gasteiger partial charge in [0.2, 0.25) is 0 Å². The van der Waals surface area contributed by atoms with Crippen LogP contribution in [0.3, 0.4) is 0 Å². The van der Waals surface area contributed by atoms with E-state index in [1.54, 1.807) is 48.4 Å². The highest BCUT2D eigenvalue weighted by Crippen LogP contribution is 2.33. The molecule has 0 amide bonds. The van der Waals surface area contributed by atoms with Gasteiger partial charge in [-0.1, -0.05) is 13.8 Å². The normalized spacial score (nSPS) is 11.3. The monoisotopic (exact) mass is 380 g/mol. The van der Waals surface area contributed by atoms with Crippen LogP contribution in [0, 0.1) is 5.82 Å². The minimum atomic E-state index is -0.436. The van der Waals surface area contributed by atoms with E-state index in [-0.39, 0.29) is 11.7 Å². The third kappa shape index (κ3) is 4.14. The minimum absolute atomic E-state index is 0.0824. The summed E-state index contributed by atoms with van der Waals surface area (Å²) in [6, 6.07) is 6.12. The number of benzene rings is 1. The maximum atomic E-state index is 13.5. The summed E-state index contributed by atoms with van der Waals surface area (Å²) in [7, 11) is 0. The first-order valence-corrected chi connectivity index (χ1v) is 9.01. The number of hydrogen-bond acceptors (Lipinski definition) is 5. The zero-order valence-corrected chi connectivity index (χ0v) is 16.0. The van der Waals surface area contributed by atoms with Gasteiger partial charge in [-0.15, -0.1) is 0 Å². The molecule has 28 heavy (non-hydrogen) atoms. The molecule has 0 aliphatic heterocycles. The van der Waals surface area contributed by atoms with Crippen LogP contribution >= 0.6 is 0 Å². The third-order valence-corrected chi connectivity index (χ3v) is 4.05. The molecule has 0 N–H and O–H groups in total. The van der Waals surface area contributed by atoms with Gasteiger partial charge >= 0.3 is 5.97 Å². The van der Waals surface area contributed by atoms with Crippen molar-refractivity contribution in [1.82, 2.24) is 19.7 Å². The van der Waals surface area contributed by atoms with Crippen molar-refractivity contribution in [2.24, 2.45) is 0 Å². The lowest BCUT2D eigenvalue weighted by Gasteiger charge is -2.08. The van der Waals surface area contributed by atoms with E-state index in [0.717, 1.165) is 16.8 Å². The fourth-order valence-corrected chi connectivity index (χ4v) is 2.83. The van der Waals surface area contributed by atoms with Crippen LogP contribution in [0.2, 0.25) is 0 Å². The van der Waals surface area contributed by atoms with E-state index in [9.17, 15) is 9.18 Å². The zero-order valence-electron chi connectivity index (χ0n) is 16.0. The molecule has 2 aromatic heterocycles. The average Bonchev–Trinajstić information content (AvgIpc) is 3.08. The molecule has 0 fully saturated rings. The predicted octanol–water partition coefficient (Wildman–Crippen LogP) is 4.17. The Balaban J connectivity index is 2.24. The topological polar surface area (TPSA) is 69.9 Å². The Morgan fingerprint density at radius 2 is 2.00 bits per heavy atom. The summed E-state index contributed by atoms with van der Waals surface area (Å²) >= 11 is 0. The number of hydrogen-bond donors (Lipinski definition) is 0. The standard InChI is InChI=1S/C21H21FN4O2/c1-4-28-19(27)10-9-17-20(14(2)3)25-26(18-13-23-11-12-24-18)21(17)15-5-7-16(22)8-6-15/h5-14H,4H2,1-3H3/b10-9+. The Morgan fingerprint density at radius 3 is 2.61 bits per heavy atom. The molecule has 0 aliphatic rings. The number of halogens is 1. The van der Waals surface area contributed by atoms with Crippen molar-refractivity contribution in [2.45, 2.75) is 26.7 Å². The molecule has 0 unspecified atom stereocenters. The number of aromatic nitrogens is 4. The van der Waals surface area contributed by atoms with Crippen molar-refractivity contribution in [2.75, 3.05) is 6.61 Å². The van der Waals surface area contributed by atoms with Gasteiger partial charge < -0.3 is 4.74 Å². The molecule has 0 saturated carbocycles. The Labute approximate surface area is 162 Å². The highest BCUT2D eigenvalue weighted by Gasteiger charge is 2.21. The van der Waals surface area contributed by atoms with E-state index in [4.69, 9.17) is 9.84 Å². The summed E-state index contributed by atoms with van der Waals surface area (Å²) in [6.45, 7) is 6.07. The molecule has 6 nitrogen and oxygen atoms in total. The highest BCUT2D eigenvalue weighted by atomic mass is 19.1. The molecule has 2 heterocycles. The Bertz CT molecular complexity index is 980. The summed E-state index contributed by atoms with van der Waals surface area (Å²) in [6.07, 6.45) is 7.82. The number of esters is 1. The van der Waals surface area contributed by atoms with Gasteiger partial charge in [-0.25, -0.2) is 18.9 Å². The molecular formula is C21H21FN4O2. The SMILES string of the molecule is CCOC(=O)/C=C/c1c(C(C)C)nn(-c2cnccn2)c1-c1ccc(F)cc1. The van der Waals surface area contributed by atoms with Gasteiger partial charge in [0.15, 0.2) is 5.82 Å². The quantitative estimate of drug-likeness (QED) is 0.474. The molecule has 0 radical (unpaired) electrons. The molecule has 7 heteroatoms. The van der Waals surface area contributed by atoms with Gasteiger partial charge in [-0.2, -0.15) is 5.10 Å². The van der Waals surface area contributed by atoms with Gasteiger partial charge in [0.05, 0.1) is 24.2 Å². The van der Waals surface area contributed by atoms with Crippen molar-refractivity contribution in [3.63, 3.8) is 0 Å². The van der Waals surface area contributed by atoms with Gasteiger partial charge in [0, 0.05) is 29.6 Å². The van der Waals surface area contributed by atoms with Crippen LogP contribution in [0.4, 0.5) is 4.39 Å². The van der Waals surface area contributed by atoms with Crippen LogP contribution in [0.15, 0.2) is 48.9 Å². The Kier molecular flexibility index (Phi) is 5.93. The summed E-state index contributed by atoms with van der Waals surface area (Å²) in [5.41, 5.74) is 2.98. The molecular weight excluding hydrogens is 359 g/mol. The largest absolute Gasteiger partial charge is 0.463 e. The lowest BCUT2D eigenvalue weighted by Crippen LogP contribution is -2.03. The fourth-order valence-electron chi connectivity index (χ4n) is 2.83. The summed E-state index contributed by atoms with van der Waals surface area (Å²) in [5, 5.41) is 4.72. The second-order valence-corrected chi connectivity index (χ2v) is 6.37. The van der Waals surface area contributed by atoms with E-state index >= 15 is 0 Å². The van der Waals surface area contributed by atoms with E-state index in [0.29, 0.717) is 18.1 Å². The average molecular weight is 380 g/mol. The van der Waals surface area contributed by atoms with Gasteiger partial charge in [-0.3, -0.25) is 4.98 Å². The highest BCUT2D eigenvalue weighted by molar-refractivity contribution is 5.89. The summed E-state index contributed by atoms with van der Waals surface area (Å²) in [5.74, 6) is -0.157. The van der Waals surface area contributed by atoms with Crippen LogP contribution in [-0.2, 0) is 9.53 Å². The molecule has 0 bridgehead atoms. The molecule has 144 valence electrons. The van der Waals surface area contributed by atoms with Crippen molar-refractivity contribution in [3.05, 3.63) is 66.0 Å². The van der Waals surface area contributed by atoms with Crippen LogP contribution in [0.5, 0.6) is 0 Å².